The Balaban J connectivity index is 1.99. The number of aliphatic hydroxyl groups excluding tert-OH is 1. The molecule has 0 fully saturated rings. The predicted octanol–water partition coefficient (Wildman–Crippen LogP) is 0.748. The summed E-state index contributed by atoms with van der Waals surface area (Å²) in [5, 5.41) is 16.1. The first kappa shape index (κ1) is 15.1. The van der Waals surface area contributed by atoms with E-state index < -0.39 is 12.0 Å². The fourth-order valence-electron chi connectivity index (χ4n) is 1.74. The van der Waals surface area contributed by atoms with Crippen molar-refractivity contribution in [2.75, 3.05) is 20.3 Å². The number of aromatic nitrogens is 2. The van der Waals surface area contributed by atoms with Crippen molar-refractivity contribution in [3.05, 3.63) is 48.0 Å². The second-order valence-electron chi connectivity index (χ2n) is 4.44. The number of rotatable bonds is 6. The third-order valence-electron chi connectivity index (χ3n) is 2.77. The zero-order chi connectivity index (χ0) is 15.2. The molecule has 0 aliphatic heterocycles. The normalized spacial score (nSPS) is 12.1. The van der Waals surface area contributed by atoms with Crippen LogP contribution in [0.2, 0.25) is 0 Å². The molecular weight excluding hydrogens is 277 g/mol. The zero-order valence-corrected chi connectivity index (χ0v) is 11.5. The van der Waals surface area contributed by atoms with Gasteiger partial charge in [-0.25, -0.2) is 9.07 Å². The van der Waals surface area contributed by atoms with Gasteiger partial charge in [0.05, 0.1) is 18.4 Å². The molecular formula is C14H16FN3O3. The lowest BCUT2D eigenvalue weighted by Gasteiger charge is -2.09. The molecule has 2 aromatic rings. The highest BCUT2D eigenvalue weighted by molar-refractivity contribution is 5.92. The molecule has 1 heterocycles. The molecule has 21 heavy (non-hydrogen) atoms. The molecule has 6 nitrogen and oxygen atoms in total. The Morgan fingerprint density at radius 3 is 2.81 bits per heavy atom. The molecule has 112 valence electrons. The molecule has 0 aliphatic carbocycles. The quantitative estimate of drug-likeness (QED) is 0.824. The largest absolute Gasteiger partial charge is 0.389 e. The Hall–Kier alpha value is -2.25. The van der Waals surface area contributed by atoms with E-state index in [0.717, 1.165) is 0 Å². The van der Waals surface area contributed by atoms with E-state index >= 15 is 0 Å². The van der Waals surface area contributed by atoms with E-state index in [1.807, 2.05) is 0 Å². The molecule has 0 radical (unpaired) electrons. The number of halogens is 1. The number of benzene rings is 1. The highest BCUT2D eigenvalue weighted by Crippen LogP contribution is 2.08. The van der Waals surface area contributed by atoms with Crippen LogP contribution in [-0.4, -0.2) is 47.2 Å². The first-order chi connectivity index (χ1) is 10.1. The Morgan fingerprint density at radius 2 is 2.14 bits per heavy atom. The summed E-state index contributed by atoms with van der Waals surface area (Å²) in [6.07, 6.45) is 0.839. The van der Waals surface area contributed by atoms with E-state index in [4.69, 9.17) is 4.74 Å². The molecule has 1 unspecified atom stereocenters. The summed E-state index contributed by atoms with van der Waals surface area (Å²) in [4.78, 5) is 11.9. The van der Waals surface area contributed by atoms with Gasteiger partial charge in [-0.15, -0.1) is 0 Å². The lowest BCUT2D eigenvalue weighted by Crippen LogP contribution is -2.34. The molecule has 0 bridgehead atoms. The van der Waals surface area contributed by atoms with Gasteiger partial charge in [-0.05, 0) is 30.3 Å². The van der Waals surface area contributed by atoms with Crippen LogP contribution < -0.4 is 5.32 Å². The van der Waals surface area contributed by atoms with Crippen LogP contribution in [0.3, 0.4) is 0 Å². The van der Waals surface area contributed by atoms with Crippen LogP contribution >= 0.6 is 0 Å². The van der Waals surface area contributed by atoms with Crippen LogP contribution in [0, 0.1) is 5.82 Å². The summed E-state index contributed by atoms with van der Waals surface area (Å²) in [7, 11) is 1.47. The topological polar surface area (TPSA) is 76.4 Å². The molecule has 7 heteroatoms. The Morgan fingerprint density at radius 1 is 1.43 bits per heavy atom. The number of aliphatic hydroxyl groups is 1. The molecule has 0 saturated heterocycles. The van der Waals surface area contributed by atoms with Crippen LogP contribution in [0.1, 0.15) is 10.5 Å². The molecule has 2 N–H and O–H groups in total. The Labute approximate surface area is 121 Å². The lowest BCUT2D eigenvalue weighted by molar-refractivity contribution is 0.0608. The zero-order valence-electron chi connectivity index (χ0n) is 11.5. The highest BCUT2D eigenvalue weighted by atomic mass is 19.1. The van der Waals surface area contributed by atoms with Crippen molar-refractivity contribution in [3.8, 4) is 5.69 Å². The van der Waals surface area contributed by atoms with Crippen LogP contribution in [0.25, 0.3) is 5.69 Å². The average Bonchev–Trinajstić information content (AvgIpc) is 2.96. The van der Waals surface area contributed by atoms with E-state index in [-0.39, 0.29) is 24.7 Å². The van der Waals surface area contributed by atoms with Crippen molar-refractivity contribution in [2.24, 2.45) is 0 Å². The Bertz CT molecular complexity index is 598. The van der Waals surface area contributed by atoms with Crippen molar-refractivity contribution in [1.29, 1.82) is 0 Å². The van der Waals surface area contributed by atoms with Gasteiger partial charge in [-0.2, -0.15) is 5.10 Å². The Kier molecular flexibility index (Phi) is 5.02. The van der Waals surface area contributed by atoms with E-state index in [0.29, 0.717) is 5.69 Å². The minimum Gasteiger partial charge on any atom is -0.389 e. The standard InChI is InChI=1S/C14H16FN3O3/c1-21-9-12(19)8-16-14(20)13-6-7-18(17-13)11-4-2-10(15)3-5-11/h2-7,12,19H,8-9H2,1H3,(H,16,20). The molecule has 0 spiro atoms. The number of hydrogen-bond acceptors (Lipinski definition) is 4. The van der Waals surface area contributed by atoms with Gasteiger partial charge in [-0.3, -0.25) is 4.79 Å². The molecule has 0 saturated carbocycles. The van der Waals surface area contributed by atoms with Crippen molar-refractivity contribution >= 4 is 5.91 Å². The lowest BCUT2D eigenvalue weighted by atomic mass is 10.3. The summed E-state index contributed by atoms with van der Waals surface area (Å²) in [5.41, 5.74) is 0.860. The van der Waals surface area contributed by atoms with Crippen LogP contribution in [0.4, 0.5) is 4.39 Å². The van der Waals surface area contributed by atoms with Gasteiger partial charge in [0.2, 0.25) is 0 Å². The molecule has 1 aromatic heterocycles. The highest BCUT2D eigenvalue weighted by Gasteiger charge is 2.12. The third-order valence-corrected chi connectivity index (χ3v) is 2.77. The molecule has 1 amide bonds. The second kappa shape index (κ2) is 6.96. The van der Waals surface area contributed by atoms with Gasteiger partial charge in [0.15, 0.2) is 5.69 Å². The predicted molar refractivity (Wildman–Crippen MR) is 73.7 cm³/mol. The van der Waals surface area contributed by atoms with Crippen molar-refractivity contribution in [3.63, 3.8) is 0 Å². The van der Waals surface area contributed by atoms with Gasteiger partial charge in [0.25, 0.3) is 5.91 Å². The van der Waals surface area contributed by atoms with Crippen LogP contribution in [0.15, 0.2) is 36.5 Å². The minimum atomic E-state index is -0.766. The average molecular weight is 293 g/mol. The van der Waals surface area contributed by atoms with Crippen molar-refractivity contribution in [2.45, 2.75) is 6.10 Å². The van der Waals surface area contributed by atoms with E-state index in [2.05, 4.69) is 10.4 Å². The number of carbonyl (C=O) groups excluding carboxylic acids is 1. The third kappa shape index (κ3) is 4.11. The number of amides is 1. The van der Waals surface area contributed by atoms with Crippen molar-refractivity contribution < 1.29 is 19.0 Å². The number of hydrogen-bond donors (Lipinski definition) is 2. The van der Waals surface area contributed by atoms with Crippen LogP contribution in [0.5, 0.6) is 0 Å². The van der Waals surface area contributed by atoms with Gasteiger partial charge in [0.1, 0.15) is 5.82 Å². The summed E-state index contributed by atoms with van der Waals surface area (Å²) in [6, 6.07) is 7.30. The molecule has 2 rings (SSSR count). The maximum absolute atomic E-state index is 12.8. The number of methoxy groups -OCH3 is 1. The van der Waals surface area contributed by atoms with Gasteiger partial charge < -0.3 is 15.2 Å². The fourth-order valence-corrected chi connectivity index (χ4v) is 1.74. The van der Waals surface area contributed by atoms with Gasteiger partial charge >= 0.3 is 0 Å². The van der Waals surface area contributed by atoms with E-state index in [1.165, 1.54) is 23.9 Å². The van der Waals surface area contributed by atoms with E-state index in [1.54, 1.807) is 24.4 Å². The van der Waals surface area contributed by atoms with Gasteiger partial charge in [0, 0.05) is 19.9 Å². The first-order valence-corrected chi connectivity index (χ1v) is 6.37. The van der Waals surface area contributed by atoms with Crippen molar-refractivity contribution in [1.82, 2.24) is 15.1 Å². The second-order valence-corrected chi connectivity index (χ2v) is 4.44. The monoisotopic (exact) mass is 293 g/mol. The summed E-state index contributed by atoms with van der Waals surface area (Å²) >= 11 is 0. The maximum Gasteiger partial charge on any atom is 0.271 e. The fraction of sp³-hybridized carbons (Fsp3) is 0.286. The van der Waals surface area contributed by atoms with E-state index in [9.17, 15) is 14.3 Å². The summed E-state index contributed by atoms with van der Waals surface area (Å²) < 4.78 is 19.1. The smallest absolute Gasteiger partial charge is 0.271 e. The number of nitrogens with one attached hydrogen (secondary N) is 1. The summed E-state index contributed by atoms with van der Waals surface area (Å²) in [6.45, 7) is 0.223. The summed E-state index contributed by atoms with van der Waals surface area (Å²) in [5.74, 6) is -0.734. The number of nitrogens with zero attached hydrogens (tertiary/aromatic N) is 2. The van der Waals surface area contributed by atoms with Crippen LogP contribution in [-0.2, 0) is 4.74 Å². The maximum atomic E-state index is 12.8. The molecule has 1 aromatic carbocycles. The number of carbonyl (C=O) groups is 1. The van der Waals surface area contributed by atoms with Gasteiger partial charge in [-0.1, -0.05) is 0 Å². The molecule has 0 aliphatic rings. The first-order valence-electron chi connectivity index (χ1n) is 6.37. The molecule has 1 atom stereocenters. The number of ether oxygens (including phenoxy) is 1. The minimum absolute atomic E-state index is 0.0794. The SMILES string of the molecule is COCC(O)CNC(=O)c1ccn(-c2ccc(F)cc2)n1.